The Morgan fingerprint density at radius 1 is 1.03 bits per heavy atom. The van der Waals surface area contributed by atoms with Gasteiger partial charge >= 0.3 is 0 Å². The zero-order valence-electron chi connectivity index (χ0n) is 17.8. The van der Waals surface area contributed by atoms with E-state index in [0.717, 1.165) is 42.5 Å². The van der Waals surface area contributed by atoms with E-state index in [1.807, 2.05) is 18.2 Å². The lowest BCUT2D eigenvalue weighted by atomic mass is 10.1. The van der Waals surface area contributed by atoms with Crippen LogP contribution in [-0.2, 0) is 16.6 Å². The van der Waals surface area contributed by atoms with Crippen LogP contribution in [0.5, 0.6) is 11.5 Å². The molecule has 10 heteroatoms. The van der Waals surface area contributed by atoms with Crippen LogP contribution in [-0.4, -0.2) is 52.2 Å². The third kappa shape index (κ3) is 4.68. The Morgan fingerprint density at radius 2 is 1.82 bits per heavy atom. The average Bonchev–Trinajstić information content (AvgIpc) is 3.52. The highest BCUT2D eigenvalue weighted by atomic mass is 32.2. The Morgan fingerprint density at radius 3 is 2.61 bits per heavy atom. The zero-order valence-corrected chi connectivity index (χ0v) is 19.5. The van der Waals surface area contributed by atoms with Gasteiger partial charge in [0, 0.05) is 5.56 Å². The number of anilines is 1. The van der Waals surface area contributed by atoms with Gasteiger partial charge in [0.2, 0.25) is 6.79 Å². The van der Waals surface area contributed by atoms with E-state index < -0.39 is 10.0 Å². The normalized spacial score (nSPS) is 16.1. The second-order valence-corrected chi connectivity index (χ2v) is 10.8. The number of sulfonamides is 1. The van der Waals surface area contributed by atoms with Gasteiger partial charge in [0.1, 0.15) is 10.8 Å². The van der Waals surface area contributed by atoms with Crippen molar-refractivity contribution in [2.45, 2.75) is 10.8 Å². The van der Waals surface area contributed by atoms with Gasteiger partial charge in [0.25, 0.3) is 15.9 Å². The van der Waals surface area contributed by atoms with Crippen LogP contribution in [0.1, 0.15) is 15.9 Å². The minimum absolute atomic E-state index is 0.165. The molecule has 5 rings (SSSR count). The molecule has 1 aromatic heterocycles. The topological polar surface area (TPSA) is 89.4 Å². The monoisotopic (exact) mass is 486 g/mol. The quantitative estimate of drug-likeness (QED) is 0.555. The minimum Gasteiger partial charge on any atom is -0.454 e. The minimum atomic E-state index is -3.73. The Bertz CT molecular complexity index is 1250. The van der Waals surface area contributed by atoms with Crippen LogP contribution in [0.3, 0.4) is 0 Å². The summed E-state index contributed by atoms with van der Waals surface area (Å²) in [6.07, 6.45) is 0. The number of hydrogen-bond donors (Lipinski definition) is 2. The van der Waals surface area contributed by atoms with E-state index >= 15 is 0 Å². The highest BCUT2D eigenvalue weighted by molar-refractivity contribution is 7.94. The summed E-state index contributed by atoms with van der Waals surface area (Å²) in [5.74, 6) is 1.39. The van der Waals surface area contributed by atoms with Crippen molar-refractivity contribution in [1.29, 1.82) is 0 Å². The van der Waals surface area contributed by atoms with E-state index in [-0.39, 0.29) is 16.9 Å². The molecule has 1 amide bonds. The molecule has 0 aliphatic carbocycles. The van der Waals surface area contributed by atoms with Crippen LogP contribution < -0.4 is 19.1 Å². The third-order valence-corrected chi connectivity index (χ3v) is 8.57. The standard InChI is InChI=1S/C23H23N3O5S2/c27-23(18-4-1-2-5-19(18)24-33(28,29)22-6-3-13-32-22)26-11-9-25(10-12-26)15-17-7-8-20-21(14-17)31-16-30-20/h1-8,13-14,24H,9-12,15-16H2/p+1. The molecule has 33 heavy (non-hydrogen) atoms. The van der Waals surface area contributed by atoms with Crippen molar-refractivity contribution in [3.63, 3.8) is 0 Å². The van der Waals surface area contributed by atoms with Gasteiger partial charge in [0.15, 0.2) is 11.5 Å². The number of hydrogen-bond acceptors (Lipinski definition) is 6. The van der Waals surface area contributed by atoms with Crippen molar-refractivity contribution in [2.75, 3.05) is 37.7 Å². The molecule has 2 aliphatic heterocycles. The summed E-state index contributed by atoms with van der Waals surface area (Å²) in [5, 5.41) is 1.71. The van der Waals surface area contributed by atoms with Crippen LogP contribution in [0.15, 0.2) is 64.2 Å². The van der Waals surface area contributed by atoms with Gasteiger partial charge in [-0.15, -0.1) is 11.3 Å². The van der Waals surface area contributed by atoms with E-state index in [2.05, 4.69) is 4.72 Å². The second-order valence-electron chi connectivity index (χ2n) is 7.99. The predicted molar refractivity (Wildman–Crippen MR) is 124 cm³/mol. The zero-order chi connectivity index (χ0) is 22.8. The first kappa shape index (κ1) is 21.7. The SMILES string of the molecule is O=C(c1ccccc1NS(=O)(=O)c1cccs1)N1CC[NH+](Cc2ccc3c(c2)OCO3)CC1. The number of quaternary nitrogens is 1. The molecule has 2 aliphatic rings. The molecule has 0 radical (unpaired) electrons. The molecule has 3 heterocycles. The van der Waals surface area contributed by atoms with Crippen LogP contribution >= 0.6 is 11.3 Å². The molecule has 1 saturated heterocycles. The van der Waals surface area contributed by atoms with Gasteiger partial charge in [-0.05, 0) is 41.8 Å². The van der Waals surface area contributed by atoms with Crippen molar-refractivity contribution >= 4 is 33.0 Å². The number of nitrogens with one attached hydrogen (secondary N) is 2. The molecule has 1 fully saturated rings. The Labute approximate surface area is 196 Å². The first-order chi connectivity index (χ1) is 16.0. The summed E-state index contributed by atoms with van der Waals surface area (Å²) in [6, 6.07) is 16.0. The number of rotatable bonds is 6. The Hall–Kier alpha value is -3.08. The number of fused-ring (bicyclic) bond motifs is 1. The highest BCUT2D eigenvalue weighted by Gasteiger charge is 2.27. The first-order valence-corrected chi connectivity index (χ1v) is 13.0. The van der Waals surface area contributed by atoms with E-state index in [4.69, 9.17) is 9.47 Å². The average molecular weight is 487 g/mol. The number of ether oxygens (including phenoxy) is 2. The summed E-state index contributed by atoms with van der Waals surface area (Å²) >= 11 is 1.14. The molecule has 8 nitrogen and oxygen atoms in total. The summed E-state index contributed by atoms with van der Waals surface area (Å²) in [4.78, 5) is 16.4. The molecule has 0 bridgehead atoms. The second kappa shape index (κ2) is 9.05. The Balaban J connectivity index is 1.23. The number of benzene rings is 2. The van der Waals surface area contributed by atoms with Crippen LogP contribution in [0.2, 0.25) is 0 Å². The van der Waals surface area contributed by atoms with Gasteiger partial charge in [-0.2, -0.15) is 0 Å². The predicted octanol–water partition coefficient (Wildman–Crippen LogP) is 1.82. The lowest BCUT2D eigenvalue weighted by molar-refractivity contribution is -0.917. The fourth-order valence-electron chi connectivity index (χ4n) is 4.08. The van der Waals surface area contributed by atoms with Gasteiger partial charge in [-0.25, -0.2) is 8.42 Å². The van der Waals surface area contributed by atoms with Crippen LogP contribution in [0.4, 0.5) is 5.69 Å². The lowest BCUT2D eigenvalue weighted by Gasteiger charge is -2.32. The van der Waals surface area contributed by atoms with Crippen molar-refractivity contribution in [2.24, 2.45) is 0 Å². The number of carbonyl (C=O) groups excluding carboxylic acids is 1. The molecule has 2 aromatic carbocycles. The van der Waals surface area contributed by atoms with Crippen LogP contribution in [0, 0.1) is 0 Å². The number of carbonyl (C=O) groups is 1. The fraction of sp³-hybridized carbons (Fsp3) is 0.261. The molecule has 0 spiro atoms. The summed E-state index contributed by atoms with van der Waals surface area (Å²) in [6.45, 7) is 3.93. The third-order valence-electron chi connectivity index (χ3n) is 5.81. The number of amides is 1. The van der Waals surface area contributed by atoms with Gasteiger partial charge in [0.05, 0.1) is 37.4 Å². The number of thiophene rings is 1. The number of piperazine rings is 1. The highest BCUT2D eigenvalue weighted by Crippen LogP contribution is 2.32. The van der Waals surface area contributed by atoms with E-state index in [1.54, 1.807) is 46.7 Å². The largest absolute Gasteiger partial charge is 0.454 e. The van der Waals surface area contributed by atoms with Crippen LogP contribution in [0.25, 0.3) is 0 Å². The summed E-state index contributed by atoms with van der Waals surface area (Å²) in [7, 11) is -3.73. The molecule has 172 valence electrons. The summed E-state index contributed by atoms with van der Waals surface area (Å²) in [5.41, 5.74) is 1.82. The number of nitrogens with zero attached hydrogens (tertiary/aromatic N) is 1. The van der Waals surface area contributed by atoms with E-state index in [1.165, 1.54) is 10.5 Å². The molecule has 3 aromatic rings. The van der Waals surface area contributed by atoms with E-state index in [0.29, 0.717) is 24.3 Å². The lowest BCUT2D eigenvalue weighted by Crippen LogP contribution is -3.13. The molecule has 0 atom stereocenters. The van der Waals surface area contributed by atoms with Crippen molar-refractivity contribution in [1.82, 2.24) is 4.90 Å². The molecule has 0 unspecified atom stereocenters. The van der Waals surface area contributed by atoms with Crippen molar-refractivity contribution in [3.8, 4) is 11.5 Å². The first-order valence-electron chi connectivity index (χ1n) is 10.7. The summed E-state index contributed by atoms with van der Waals surface area (Å²) < 4.78 is 38.9. The number of para-hydroxylation sites is 1. The fourth-order valence-corrected chi connectivity index (χ4v) is 6.16. The van der Waals surface area contributed by atoms with Gasteiger partial charge in [-0.3, -0.25) is 9.52 Å². The maximum absolute atomic E-state index is 13.2. The smallest absolute Gasteiger partial charge is 0.271 e. The molecule has 0 saturated carbocycles. The van der Waals surface area contributed by atoms with Gasteiger partial charge in [-0.1, -0.05) is 18.2 Å². The Kier molecular flexibility index (Phi) is 5.96. The maximum Gasteiger partial charge on any atom is 0.271 e. The molecular formula is C23H24N3O5S2+. The molecule has 2 N–H and O–H groups in total. The van der Waals surface area contributed by atoms with E-state index in [9.17, 15) is 13.2 Å². The maximum atomic E-state index is 13.2. The van der Waals surface area contributed by atoms with Crippen molar-refractivity contribution < 1.29 is 27.6 Å². The van der Waals surface area contributed by atoms with Gasteiger partial charge < -0.3 is 19.3 Å². The van der Waals surface area contributed by atoms with Crippen molar-refractivity contribution in [3.05, 3.63) is 71.1 Å². The molecular weight excluding hydrogens is 462 g/mol.